The predicted octanol–water partition coefficient (Wildman–Crippen LogP) is 6.23. The summed E-state index contributed by atoms with van der Waals surface area (Å²) in [5, 5.41) is 6.55. The summed E-state index contributed by atoms with van der Waals surface area (Å²) in [6.45, 7) is 0.311. The van der Waals surface area contributed by atoms with E-state index in [1.54, 1.807) is 6.07 Å². The fraction of sp³-hybridized carbons (Fsp3) is 0.192. The van der Waals surface area contributed by atoms with Crippen molar-refractivity contribution in [1.82, 2.24) is 10.3 Å². The maximum absolute atomic E-state index is 13.9. The van der Waals surface area contributed by atoms with Gasteiger partial charge in [-0.25, -0.2) is 0 Å². The standard InChI is InChI=1S/C26H19F6N3O/c27-25(28,29)16-10-8-15(9-11-16)24(23(36)34-18-5-3-4-17(14-18)26(30,31)32)22-20(12-13-33-24)19-6-1-2-7-21(19)35-22/h1-11,14,33,35H,12-13H2,(H,34,36)/t24-/m0/s1. The number of rotatable bonds is 3. The van der Waals surface area contributed by atoms with Crippen LogP contribution in [0.3, 0.4) is 0 Å². The lowest BCUT2D eigenvalue weighted by atomic mass is 9.79. The second-order valence-electron chi connectivity index (χ2n) is 8.56. The highest BCUT2D eigenvalue weighted by molar-refractivity contribution is 6.03. The molecule has 0 radical (unpaired) electrons. The molecule has 1 atom stereocenters. The first-order valence-electron chi connectivity index (χ1n) is 11.0. The molecule has 0 aliphatic carbocycles. The molecule has 1 aliphatic rings. The van der Waals surface area contributed by atoms with Crippen molar-refractivity contribution in [3.8, 4) is 0 Å². The number of aromatic amines is 1. The predicted molar refractivity (Wildman–Crippen MR) is 122 cm³/mol. The minimum atomic E-state index is -4.61. The number of anilines is 1. The van der Waals surface area contributed by atoms with Crippen LogP contribution in [-0.2, 0) is 29.1 Å². The Hall–Kier alpha value is -3.79. The first-order valence-corrected chi connectivity index (χ1v) is 11.0. The lowest BCUT2D eigenvalue weighted by molar-refractivity contribution is -0.138. The van der Waals surface area contributed by atoms with Crippen LogP contribution in [0.2, 0.25) is 0 Å². The Morgan fingerprint density at radius 2 is 1.53 bits per heavy atom. The Labute approximate surface area is 201 Å². The number of amides is 1. The minimum absolute atomic E-state index is 0.0915. The number of halogens is 6. The van der Waals surface area contributed by atoms with Gasteiger partial charge < -0.3 is 10.3 Å². The van der Waals surface area contributed by atoms with Crippen molar-refractivity contribution in [2.45, 2.75) is 24.3 Å². The zero-order valence-corrected chi connectivity index (χ0v) is 18.5. The van der Waals surface area contributed by atoms with Gasteiger partial charge in [0.15, 0.2) is 5.54 Å². The van der Waals surface area contributed by atoms with Gasteiger partial charge in [-0.15, -0.1) is 0 Å². The molecule has 4 nitrogen and oxygen atoms in total. The molecule has 186 valence electrons. The molecule has 0 saturated heterocycles. The lowest BCUT2D eigenvalue weighted by Crippen LogP contribution is -2.56. The Morgan fingerprint density at radius 3 is 2.22 bits per heavy atom. The van der Waals surface area contributed by atoms with Crippen LogP contribution in [0.15, 0.2) is 72.8 Å². The number of fused-ring (bicyclic) bond motifs is 3. The average Bonchev–Trinajstić information content (AvgIpc) is 3.22. The first kappa shape index (κ1) is 23.9. The van der Waals surface area contributed by atoms with Crippen LogP contribution in [0.25, 0.3) is 10.9 Å². The van der Waals surface area contributed by atoms with E-state index in [1.165, 1.54) is 24.3 Å². The van der Waals surface area contributed by atoms with E-state index < -0.39 is 34.9 Å². The van der Waals surface area contributed by atoms with Gasteiger partial charge in [0.05, 0.1) is 16.8 Å². The molecule has 2 heterocycles. The quantitative estimate of drug-likeness (QED) is 0.290. The maximum Gasteiger partial charge on any atom is 0.416 e. The molecule has 10 heteroatoms. The molecule has 0 spiro atoms. The number of para-hydroxylation sites is 1. The summed E-state index contributed by atoms with van der Waals surface area (Å²) in [5.74, 6) is -0.728. The molecule has 0 unspecified atom stereocenters. The number of hydrogen-bond acceptors (Lipinski definition) is 2. The van der Waals surface area contributed by atoms with Gasteiger partial charge in [0.2, 0.25) is 0 Å². The number of benzene rings is 3. The van der Waals surface area contributed by atoms with E-state index in [0.29, 0.717) is 18.7 Å². The van der Waals surface area contributed by atoms with E-state index in [1.807, 2.05) is 18.2 Å². The molecule has 1 amide bonds. The van der Waals surface area contributed by atoms with Crippen molar-refractivity contribution >= 4 is 22.5 Å². The molecular weight excluding hydrogens is 484 g/mol. The molecule has 0 fully saturated rings. The summed E-state index contributed by atoms with van der Waals surface area (Å²) in [6, 6.07) is 15.7. The molecule has 1 aliphatic heterocycles. The molecule has 1 aromatic heterocycles. The molecule has 4 aromatic rings. The number of H-pyrrole nitrogens is 1. The van der Waals surface area contributed by atoms with Gasteiger partial charge in [0, 0.05) is 23.1 Å². The third-order valence-electron chi connectivity index (χ3n) is 6.39. The van der Waals surface area contributed by atoms with Gasteiger partial charge >= 0.3 is 12.4 Å². The van der Waals surface area contributed by atoms with Crippen LogP contribution < -0.4 is 10.6 Å². The van der Waals surface area contributed by atoms with E-state index in [0.717, 1.165) is 40.7 Å². The molecule has 0 saturated carbocycles. The highest BCUT2D eigenvalue weighted by Crippen LogP contribution is 2.40. The lowest BCUT2D eigenvalue weighted by Gasteiger charge is -2.37. The number of alkyl halides is 6. The number of hydrogen-bond donors (Lipinski definition) is 3. The van der Waals surface area contributed by atoms with Crippen LogP contribution >= 0.6 is 0 Å². The molecule has 0 bridgehead atoms. The van der Waals surface area contributed by atoms with Crippen LogP contribution in [0.5, 0.6) is 0 Å². The Bertz CT molecular complexity index is 1440. The second kappa shape index (κ2) is 8.41. The van der Waals surface area contributed by atoms with Gasteiger partial charge in [-0.2, -0.15) is 26.3 Å². The third kappa shape index (κ3) is 4.01. The maximum atomic E-state index is 13.9. The third-order valence-corrected chi connectivity index (χ3v) is 6.39. The monoisotopic (exact) mass is 503 g/mol. The fourth-order valence-corrected chi connectivity index (χ4v) is 4.72. The van der Waals surface area contributed by atoms with Gasteiger partial charge in [0.25, 0.3) is 5.91 Å². The highest BCUT2D eigenvalue weighted by atomic mass is 19.4. The zero-order chi connectivity index (χ0) is 25.7. The van der Waals surface area contributed by atoms with Gasteiger partial charge in [-0.3, -0.25) is 10.1 Å². The van der Waals surface area contributed by atoms with E-state index in [2.05, 4.69) is 15.6 Å². The summed E-state index contributed by atoms with van der Waals surface area (Å²) in [5.41, 5.74) is -1.40. The van der Waals surface area contributed by atoms with Crippen molar-refractivity contribution in [3.05, 3.63) is 101 Å². The van der Waals surface area contributed by atoms with Crippen LogP contribution in [0.4, 0.5) is 32.0 Å². The van der Waals surface area contributed by atoms with Crippen LogP contribution in [-0.4, -0.2) is 17.4 Å². The molecule has 3 N–H and O–H groups in total. The molecular formula is C26H19F6N3O. The summed E-state index contributed by atoms with van der Waals surface area (Å²) < 4.78 is 79.4. The van der Waals surface area contributed by atoms with E-state index >= 15 is 0 Å². The summed E-state index contributed by atoms with van der Waals surface area (Å²) in [4.78, 5) is 17.1. The van der Waals surface area contributed by atoms with E-state index in [4.69, 9.17) is 0 Å². The first-order chi connectivity index (χ1) is 17.0. The van der Waals surface area contributed by atoms with E-state index in [9.17, 15) is 31.1 Å². The SMILES string of the molecule is O=C(Nc1cccc(C(F)(F)F)c1)[C@@]1(c2ccc(C(F)(F)F)cc2)NCCc2c1[nH]c1ccccc21. The normalized spacial score (nSPS) is 18.2. The van der Waals surface area contributed by atoms with Crippen molar-refractivity contribution in [2.75, 3.05) is 11.9 Å². The summed E-state index contributed by atoms with van der Waals surface area (Å²) >= 11 is 0. The Morgan fingerprint density at radius 1 is 0.833 bits per heavy atom. The number of aromatic nitrogens is 1. The topological polar surface area (TPSA) is 56.9 Å². The highest BCUT2D eigenvalue weighted by Gasteiger charge is 2.47. The van der Waals surface area contributed by atoms with Crippen molar-refractivity contribution in [2.24, 2.45) is 0 Å². The zero-order valence-electron chi connectivity index (χ0n) is 18.5. The largest absolute Gasteiger partial charge is 0.416 e. The Kier molecular flexibility index (Phi) is 5.59. The fourth-order valence-electron chi connectivity index (χ4n) is 4.72. The van der Waals surface area contributed by atoms with Crippen molar-refractivity contribution < 1.29 is 31.1 Å². The number of carbonyl (C=O) groups is 1. The van der Waals surface area contributed by atoms with Crippen LogP contribution in [0.1, 0.15) is 27.9 Å². The summed E-state index contributed by atoms with van der Waals surface area (Å²) in [7, 11) is 0. The Balaban J connectivity index is 1.66. The smallest absolute Gasteiger partial charge is 0.356 e. The van der Waals surface area contributed by atoms with Crippen molar-refractivity contribution in [1.29, 1.82) is 0 Å². The summed E-state index contributed by atoms with van der Waals surface area (Å²) in [6.07, 6.45) is -8.64. The second-order valence-corrected chi connectivity index (χ2v) is 8.56. The van der Waals surface area contributed by atoms with Gasteiger partial charge in [-0.05, 0) is 53.9 Å². The molecule has 3 aromatic carbocycles. The number of nitrogens with one attached hydrogen (secondary N) is 3. The molecule has 5 rings (SSSR count). The average molecular weight is 503 g/mol. The van der Waals surface area contributed by atoms with Crippen molar-refractivity contribution in [3.63, 3.8) is 0 Å². The molecule has 36 heavy (non-hydrogen) atoms. The van der Waals surface area contributed by atoms with E-state index in [-0.39, 0.29) is 11.3 Å². The minimum Gasteiger partial charge on any atom is -0.356 e. The van der Waals surface area contributed by atoms with Crippen LogP contribution in [0, 0.1) is 0 Å². The van der Waals surface area contributed by atoms with Gasteiger partial charge in [-0.1, -0.05) is 36.4 Å². The number of carbonyl (C=O) groups excluding carboxylic acids is 1. The van der Waals surface area contributed by atoms with Gasteiger partial charge in [0.1, 0.15) is 0 Å².